The Balaban J connectivity index is 2.30. The summed E-state index contributed by atoms with van der Waals surface area (Å²) >= 11 is 0. The Labute approximate surface area is 79.0 Å². The van der Waals surface area contributed by atoms with Gasteiger partial charge in [0.2, 0.25) is 0 Å². The molecule has 3 heteroatoms. The second kappa shape index (κ2) is 5.00. The second-order valence-corrected chi connectivity index (χ2v) is 3.68. The van der Waals surface area contributed by atoms with Crippen LogP contribution in [0.3, 0.4) is 0 Å². The number of hydrogen-bond acceptors (Lipinski definition) is 3. The van der Waals surface area contributed by atoms with Crippen molar-refractivity contribution in [3.63, 3.8) is 0 Å². The van der Waals surface area contributed by atoms with Crippen LogP contribution < -0.4 is 0 Å². The predicted octanol–water partition coefficient (Wildman–Crippen LogP) is 2.01. The highest BCUT2D eigenvalue weighted by molar-refractivity contribution is 5.72. The topological polar surface area (TPSA) is 50.2 Å². The third-order valence-electron chi connectivity index (χ3n) is 2.83. The fourth-order valence-corrected chi connectivity index (χ4v) is 1.97. The molecule has 0 aromatic carbocycles. The summed E-state index contributed by atoms with van der Waals surface area (Å²) in [5.74, 6) is 0.679. The minimum absolute atomic E-state index is 0.0618. The van der Waals surface area contributed by atoms with Crippen molar-refractivity contribution in [2.24, 2.45) is 11.8 Å². The number of nitrogens with one attached hydrogen (secondary N) is 1. The zero-order chi connectivity index (χ0) is 9.68. The molecule has 3 nitrogen and oxygen atoms in total. The lowest BCUT2D eigenvalue weighted by molar-refractivity contribution is -0.146. The number of esters is 1. The number of hydrogen-bond donors (Lipinski definition) is 1. The molecule has 0 aliphatic heterocycles. The molecule has 1 aliphatic carbocycles. The molecule has 1 fully saturated rings. The largest absolute Gasteiger partial charge is 0.469 e. The Kier molecular flexibility index (Phi) is 3.93. The molecular weight excluding hydrogens is 166 g/mol. The van der Waals surface area contributed by atoms with Gasteiger partial charge < -0.3 is 10.1 Å². The average molecular weight is 183 g/mol. The molecular formula is C10H17NO2. The molecule has 1 saturated carbocycles. The standard InChI is InChI=1S/C10H17NO2/c1-13-10(12)9-4-2-8(3-5-9)6-7-11/h7-9,11H,2-6H2,1H3. The monoisotopic (exact) mass is 183 g/mol. The Morgan fingerprint density at radius 3 is 2.54 bits per heavy atom. The molecule has 74 valence electrons. The number of rotatable bonds is 3. The van der Waals surface area contributed by atoms with Gasteiger partial charge in [-0.2, -0.15) is 0 Å². The van der Waals surface area contributed by atoms with E-state index in [0.717, 1.165) is 32.1 Å². The second-order valence-electron chi connectivity index (χ2n) is 3.68. The van der Waals surface area contributed by atoms with Gasteiger partial charge >= 0.3 is 5.97 Å². The van der Waals surface area contributed by atoms with Crippen LogP contribution in [0.5, 0.6) is 0 Å². The molecule has 0 heterocycles. The van der Waals surface area contributed by atoms with Gasteiger partial charge in [-0.25, -0.2) is 0 Å². The van der Waals surface area contributed by atoms with Crippen LogP contribution in [0.4, 0.5) is 0 Å². The molecule has 0 spiro atoms. The van der Waals surface area contributed by atoms with Crippen molar-refractivity contribution in [1.29, 1.82) is 5.41 Å². The summed E-state index contributed by atoms with van der Waals surface area (Å²) in [6.07, 6.45) is 6.34. The Morgan fingerprint density at radius 1 is 1.46 bits per heavy atom. The molecule has 0 atom stereocenters. The van der Waals surface area contributed by atoms with Gasteiger partial charge in [-0.15, -0.1) is 0 Å². The van der Waals surface area contributed by atoms with Crippen molar-refractivity contribution in [3.05, 3.63) is 0 Å². The Bertz CT molecular complexity index is 183. The van der Waals surface area contributed by atoms with Crippen LogP contribution in [0, 0.1) is 17.2 Å². The summed E-state index contributed by atoms with van der Waals surface area (Å²) in [6.45, 7) is 0. The van der Waals surface area contributed by atoms with Crippen LogP contribution in [0.15, 0.2) is 0 Å². The number of carbonyl (C=O) groups excluding carboxylic acids is 1. The lowest BCUT2D eigenvalue weighted by Gasteiger charge is -2.25. The van der Waals surface area contributed by atoms with Crippen molar-refractivity contribution < 1.29 is 9.53 Å². The van der Waals surface area contributed by atoms with Crippen molar-refractivity contribution >= 4 is 12.2 Å². The van der Waals surface area contributed by atoms with E-state index in [4.69, 9.17) is 10.1 Å². The third-order valence-corrected chi connectivity index (χ3v) is 2.83. The first-order valence-electron chi connectivity index (χ1n) is 4.84. The zero-order valence-electron chi connectivity index (χ0n) is 8.08. The number of carbonyl (C=O) groups is 1. The summed E-state index contributed by atoms with van der Waals surface area (Å²) in [7, 11) is 1.45. The lowest BCUT2D eigenvalue weighted by atomic mass is 9.81. The zero-order valence-corrected chi connectivity index (χ0v) is 8.08. The van der Waals surface area contributed by atoms with Crippen LogP contribution in [0.2, 0.25) is 0 Å². The SMILES string of the molecule is COC(=O)C1CCC(CC=N)CC1. The van der Waals surface area contributed by atoms with E-state index >= 15 is 0 Å². The fourth-order valence-electron chi connectivity index (χ4n) is 1.97. The summed E-state index contributed by atoms with van der Waals surface area (Å²) in [5.41, 5.74) is 0. The van der Waals surface area contributed by atoms with Crippen molar-refractivity contribution in [2.45, 2.75) is 32.1 Å². The average Bonchev–Trinajstić information content (AvgIpc) is 2.18. The summed E-state index contributed by atoms with van der Waals surface area (Å²) in [5, 5.41) is 6.99. The van der Waals surface area contributed by atoms with E-state index in [1.807, 2.05) is 0 Å². The molecule has 1 rings (SSSR count). The maximum absolute atomic E-state index is 11.2. The van der Waals surface area contributed by atoms with Gasteiger partial charge in [0.05, 0.1) is 13.0 Å². The van der Waals surface area contributed by atoms with E-state index < -0.39 is 0 Å². The molecule has 0 saturated heterocycles. The quantitative estimate of drug-likeness (QED) is 0.537. The highest BCUT2D eigenvalue weighted by atomic mass is 16.5. The van der Waals surface area contributed by atoms with Gasteiger partial charge in [-0.05, 0) is 44.2 Å². The van der Waals surface area contributed by atoms with Crippen LogP contribution in [-0.2, 0) is 9.53 Å². The van der Waals surface area contributed by atoms with E-state index in [1.54, 1.807) is 0 Å². The Hall–Kier alpha value is -0.860. The van der Waals surface area contributed by atoms with Crippen LogP contribution in [0.1, 0.15) is 32.1 Å². The van der Waals surface area contributed by atoms with Crippen LogP contribution in [0.25, 0.3) is 0 Å². The van der Waals surface area contributed by atoms with E-state index in [9.17, 15) is 4.79 Å². The van der Waals surface area contributed by atoms with Crippen molar-refractivity contribution in [2.75, 3.05) is 7.11 Å². The van der Waals surface area contributed by atoms with Gasteiger partial charge in [0.1, 0.15) is 0 Å². The van der Waals surface area contributed by atoms with Gasteiger partial charge in [0, 0.05) is 0 Å². The number of ether oxygens (including phenoxy) is 1. The maximum atomic E-state index is 11.2. The minimum Gasteiger partial charge on any atom is -0.469 e. The molecule has 0 aromatic heterocycles. The smallest absolute Gasteiger partial charge is 0.308 e. The molecule has 1 N–H and O–H groups in total. The molecule has 0 radical (unpaired) electrons. The van der Waals surface area contributed by atoms with Gasteiger partial charge in [-0.3, -0.25) is 4.79 Å². The fraction of sp³-hybridized carbons (Fsp3) is 0.800. The highest BCUT2D eigenvalue weighted by Crippen LogP contribution is 2.30. The molecule has 13 heavy (non-hydrogen) atoms. The lowest BCUT2D eigenvalue weighted by Crippen LogP contribution is -2.22. The summed E-state index contributed by atoms with van der Waals surface area (Å²) in [4.78, 5) is 11.2. The highest BCUT2D eigenvalue weighted by Gasteiger charge is 2.26. The molecule has 1 aliphatic rings. The van der Waals surface area contributed by atoms with Crippen LogP contribution in [-0.4, -0.2) is 19.3 Å². The van der Waals surface area contributed by atoms with Gasteiger partial charge in [-0.1, -0.05) is 0 Å². The van der Waals surface area contributed by atoms with E-state index in [-0.39, 0.29) is 11.9 Å². The normalized spacial score (nSPS) is 28.1. The predicted molar refractivity (Wildman–Crippen MR) is 50.9 cm³/mol. The third kappa shape index (κ3) is 2.83. The van der Waals surface area contributed by atoms with E-state index in [0.29, 0.717) is 5.92 Å². The molecule has 0 aromatic rings. The summed E-state index contributed by atoms with van der Waals surface area (Å²) in [6, 6.07) is 0. The van der Waals surface area contributed by atoms with E-state index in [2.05, 4.69) is 0 Å². The first-order chi connectivity index (χ1) is 6.27. The maximum Gasteiger partial charge on any atom is 0.308 e. The first kappa shape index (κ1) is 10.2. The molecule has 0 bridgehead atoms. The van der Waals surface area contributed by atoms with E-state index in [1.165, 1.54) is 13.3 Å². The first-order valence-corrected chi connectivity index (χ1v) is 4.84. The molecule has 0 amide bonds. The molecule has 0 unspecified atom stereocenters. The van der Waals surface area contributed by atoms with Gasteiger partial charge in [0.15, 0.2) is 0 Å². The van der Waals surface area contributed by atoms with Gasteiger partial charge in [0.25, 0.3) is 0 Å². The summed E-state index contributed by atoms with van der Waals surface area (Å²) < 4.78 is 4.70. The number of methoxy groups -OCH3 is 1. The minimum atomic E-state index is -0.0618. The van der Waals surface area contributed by atoms with Crippen LogP contribution >= 0.6 is 0 Å². The van der Waals surface area contributed by atoms with Crippen molar-refractivity contribution in [3.8, 4) is 0 Å². The van der Waals surface area contributed by atoms with Crippen molar-refractivity contribution in [1.82, 2.24) is 0 Å². The Morgan fingerprint density at radius 2 is 2.08 bits per heavy atom.